The molecule has 1 aromatic heterocycles. The summed E-state index contributed by atoms with van der Waals surface area (Å²) in [7, 11) is 1.59. The highest BCUT2D eigenvalue weighted by molar-refractivity contribution is 6.35. The maximum absolute atomic E-state index is 5.93. The van der Waals surface area contributed by atoms with Gasteiger partial charge in [0, 0.05) is 29.3 Å². The molecule has 0 fully saturated rings. The highest BCUT2D eigenvalue weighted by Crippen LogP contribution is 2.25. The lowest BCUT2D eigenvalue weighted by molar-refractivity contribution is 0.102. The zero-order valence-corrected chi connectivity index (χ0v) is 11.8. The van der Waals surface area contributed by atoms with Gasteiger partial charge in [0.15, 0.2) is 0 Å². The van der Waals surface area contributed by atoms with E-state index in [1.54, 1.807) is 25.3 Å². The van der Waals surface area contributed by atoms with Crippen molar-refractivity contribution in [1.82, 2.24) is 10.1 Å². The quantitative estimate of drug-likeness (QED) is 0.918. The van der Waals surface area contributed by atoms with Gasteiger partial charge in [-0.15, -0.1) is 0 Å². The number of methoxy groups -OCH3 is 1. The van der Waals surface area contributed by atoms with Crippen LogP contribution in [0.3, 0.4) is 0 Å². The molecule has 0 radical (unpaired) electrons. The van der Waals surface area contributed by atoms with Crippen LogP contribution in [0.15, 0.2) is 22.7 Å². The molecule has 5 nitrogen and oxygen atoms in total. The monoisotopic (exact) mass is 301 g/mol. The number of benzene rings is 1. The molecule has 0 aliphatic heterocycles. The van der Waals surface area contributed by atoms with E-state index in [1.165, 1.54) is 0 Å². The number of ether oxygens (including phenoxy) is 1. The molecule has 2 rings (SSSR count). The van der Waals surface area contributed by atoms with Gasteiger partial charge in [-0.3, -0.25) is 0 Å². The number of aromatic nitrogens is 2. The molecule has 1 atom stereocenters. The summed E-state index contributed by atoms with van der Waals surface area (Å²) < 4.78 is 10.3. The standard InChI is InChI=1S/C12H13Cl2N3O2/c1-18-10(6-15)5-11-16-12(17-19-11)7-2-8(13)4-9(14)3-7/h2-4,10H,5-6,15H2,1H3. The van der Waals surface area contributed by atoms with Crippen LogP contribution < -0.4 is 5.73 Å². The number of nitrogens with zero attached hydrogens (tertiary/aromatic N) is 2. The smallest absolute Gasteiger partial charge is 0.229 e. The van der Waals surface area contributed by atoms with Gasteiger partial charge < -0.3 is 15.0 Å². The van der Waals surface area contributed by atoms with Crippen LogP contribution in [0, 0.1) is 0 Å². The Morgan fingerprint density at radius 1 is 1.32 bits per heavy atom. The molecule has 1 aromatic carbocycles. The Balaban J connectivity index is 2.20. The summed E-state index contributed by atoms with van der Waals surface area (Å²) in [4.78, 5) is 4.27. The minimum atomic E-state index is -0.142. The lowest BCUT2D eigenvalue weighted by Crippen LogP contribution is -2.24. The predicted octanol–water partition coefficient (Wildman–Crippen LogP) is 2.56. The summed E-state index contributed by atoms with van der Waals surface area (Å²) in [5, 5.41) is 4.93. The minimum Gasteiger partial charge on any atom is -0.380 e. The van der Waals surface area contributed by atoms with E-state index in [2.05, 4.69) is 10.1 Å². The summed E-state index contributed by atoms with van der Waals surface area (Å²) in [5.74, 6) is 0.898. The van der Waals surface area contributed by atoms with Gasteiger partial charge >= 0.3 is 0 Å². The first-order chi connectivity index (χ1) is 9.12. The van der Waals surface area contributed by atoms with Crippen LogP contribution in [0.2, 0.25) is 10.0 Å². The molecular formula is C12H13Cl2N3O2. The Bertz CT molecular complexity index is 535. The topological polar surface area (TPSA) is 74.2 Å². The number of nitrogens with two attached hydrogens (primary N) is 1. The van der Waals surface area contributed by atoms with Crippen molar-refractivity contribution in [2.24, 2.45) is 5.73 Å². The second kappa shape index (κ2) is 6.34. The van der Waals surface area contributed by atoms with E-state index in [9.17, 15) is 0 Å². The van der Waals surface area contributed by atoms with E-state index in [0.29, 0.717) is 40.3 Å². The summed E-state index contributed by atoms with van der Waals surface area (Å²) >= 11 is 11.9. The predicted molar refractivity (Wildman–Crippen MR) is 73.3 cm³/mol. The maximum Gasteiger partial charge on any atom is 0.229 e. The molecule has 1 unspecified atom stereocenters. The minimum absolute atomic E-state index is 0.142. The molecule has 0 spiro atoms. The van der Waals surface area contributed by atoms with E-state index < -0.39 is 0 Å². The van der Waals surface area contributed by atoms with Crippen LogP contribution in [0.1, 0.15) is 5.89 Å². The summed E-state index contributed by atoms with van der Waals surface area (Å²) in [6.45, 7) is 0.386. The van der Waals surface area contributed by atoms with Crippen LogP contribution in [0.4, 0.5) is 0 Å². The highest BCUT2D eigenvalue weighted by Gasteiger charge is 2.14. The summed E-state index contributed by atoms with van der Waals surface area (Å²) in [5.41, 5.74) is 6.24. The van der Waals surface area contributed by atoms with Crippen molar-refractivity contribution in [3.8, 4) is 11.4 Å². The van der Waals surface area contributed by atoms with Gasteiger partial charge in [-0.05, 0) is 18.2 Å². The average molecular weight is 302 g/mol. The van der Waals surface area contributed by atoms with E-state index >= 15 is 0 Å². The molecular weight excluding hydrogens is 289 g/mol. The van der Waals surface area contributed by atoms with Crippen LogP contribution in [-0.2, 0) is 11.2 Å². The molecule has 0 saturated heterocycles. The average Bonchev–Trinajstić information content (AvgIpc) is 2.83. The van der Waals surface area contributed by atoms with Gasteiger partial charge in [0.05, 0.1) is 12.5 Å². The van der Waals surface area contributed by atoms with Crippen molar-refractivity contribution in [1.29, 1.82) is 0 Å². The molecule has 1 heterocycles. The Labute approximate surface area is 120 Å². The fourth-order valence-electron chi connectivity index (χ4n) is 1.60. The zero-order valence-electron chi connectivity index (χ0n) is 10.3. The molecule has 2 aromatic rings. The van der Waals surface area contributed by atoms with E-state index in [1.807, 2.05) is 0 Å². The first kappa shape index (κ1) is 14.3. The van der Waals surface area contributed by atoms with E-state index in [0.717, 1.165) is 0 Å². The van der Waals surface area contributed by atoms with Crippen LogP contribution in [-0.4, -0.2) is 29.9 Å². The fourth-order valence-corrected chi connectivity index (χ4v) is 2.12. The van der Waals surface area contributed by atoms with Crippen LogP contribution in [0.5, 0.6) is 0 Å². The third kappa shape index (κ3) is 3.67. The molecule has 0 saturated carbocycles. The third-order valence-electron chi connectivity index (χ3n) is 2.59. The van der Waals surface area contributed by atoms with Gasteiger partial charge in [0.2, 0.25) is 11.7 Å². The molecule has 0 aliphatic rings. The van der Waals surface area contributed by atoms with Crippen molar-refractivity contribution in [2.75, 3.05) is 13.7 Å². The number of halogens is 2. The normalized spacial score (nSPS) is 12.6. The van der Waals surface area contributed by atoms with Crippen molar-refractivity contribution in [3.63, 3.8) is 0 Å². The Morgan fingerprint density at radius 3 is 2.58 bits per heavy atom. The van der Waals surface area contributed by atoms with Crippen LogP contribution >= 0.6 is 23.2 Å². The van der Waals surface area contributed by atoms with Gasteiger partial charge in [-0.25, -0.2) is 0 Å². The molecule has 19 heavy (non-hydrogen) atoms. The van der Waals surface area contributed by atoms with Gasteiger partial charge in [0.1, 0.15) is 0 Å². The van der Waals surface area contributed by atoms with Gasteiger partial charge in [0.25, 0.3) is 0 Å². The van der Waals surface area contributed by atoms with Gasteiger partial charge in [-0.1, -0.05) is 28.4 Å². The first-order valence-corrected chi connectivity index (χ1v) is 6.40. The molecule has 0 bridgehead atoms. The Hall–Kier alpha value is -1.14. The SMILES string of the molecule is COC(CN)Cc1nc(-c2cc(Cl)cc(Cl)c2)no1. The lowest BCUT2D eigenvalue weighted by atomic mass is 10.2. The van der Waals surface area contributed by atoms with Crippen molar-refractivity contribution in [3.05, 3.63) is 34.1 Å². The maximum atomic E-state index is 5.93. The number of hydrogen-bond acceptors (Lipinski definition) is 5. The van der Waals surface area contributed by atoms with Crippen molar-refractivity contribution >= 4 is 23.2 Å². The lowest BCUT2D eigenvalue weighted by Gasteiger charge is -2.08. The van der Waals surface area contributed by atoms with Crippen molar-refractivity contribution in [2.45, 2.75) is 12.5 Å². The van der Waals surface area contributed by atoms with Crippen LogP contribution in [0.25, 0.3) is 11.4 Å². The van der Waals surface area contributed by atoms with Crippen molar-refractivity contribution < 1.29 is 9.26 Å². The van der Waals surface area contributed by atoms with E-state index in [4.69, 9.17) is 38.2 Å². The molecule has 7 heteroatoms. The second-order valence-corrected chi connectivity index (χ2v) is 4.84. The first-order valence-electron chi connectivity index (χ1n) is 5.64. The summed E-state index contributed by atoms with van der Waals surface area (Å²) in [6.07, 6.45) is 0.324. The number of rotatable bonds is 5. The van der Waals surface area contributed by atoms with Gasteiger partial charge in [-0.2, -0.15) is 4.98 Å². The Morgan fingerprint density at radius 2 is 2.00 bits per heavy atom. The Kier molecular flexibility index (Phi) is 4.76. The molecule has 0 amide bonds. The third-order valence-corrected chi connectivity index (χ3v) is 3.02. The molecule has 2 N–H and O–H groups in total. The largest absolute Gasteiger partial charge is 0.380 e. The second-order valence-electron chi connectivity index (χ2n) is 3.97. The summed E-state index contributed by atoms with van der Waals surface area (Å²) in [6, 6.07) is 5.08. The zero-order chi connectivity index (χ0) is 13.8. The molecule has 102 valence electrons. The molecule has 0 aliphatic carbocycles. The highest BCUT2D eigenvalue weighted by atomic mass is 35.5. The fraction of sp³-hybridized carbons (Fsp3) is 0.333. The van der Waals surface area contributed by atoms with E-state index in [-0.39, 0.29) is 6.10 Å². The number of hydrogen-bond donors (Lipinski definition) is 1.